The lowest BCUT2D eigenvalue weighted by Gasteiger charge is -2.28. The fourth-order valence-corrected chi connectivity index (χ4v) is 2.87. The Kier molecular flexibility index (Phi) is 7.82. The van der Waals surface area contributed by atoms with Gasteiger partial charge in [0.2, 0.25) is 11.8 Å². The molecule has 0 aromatic heterocycles. The molecule has 1 N–H and O–H groups in total. The van der Waals surface area contributed by atoms with Gasteiger partial charge in [0.05, 0.1) is 13.1 Å². The van der Waals surface area contributed by atoms with Gasteiger partial charge in [-0.05, 0) is 57.3 Å². The number of ether oxygens (including phenoxy) is 1. The molecule has 0 fully saturated rings. The molecule has 30 heavy (non-hydrogen) atoms. The monoisotopic (exact) mass is 423 g/mol. The van der Waals surface area contributed by atoms with Gasteiger partial charge in [0.25, 0.3) is 0 Å². The van der Waals surface area contributed by atoms with Gasteiger partial charge in [0.15, 0.2) is 0 Å². The van der Waals surface area contributed by atoms with Gasteiger partial charge >= 0.3 is 6.36 Å². The van der Waals surface area contributed by atoms with Gasteiger partial charge in [-0.25, -0.2) is 0 Å². The number of benzene rings is 2. The Morgan fingerprint density at radius 3 is 2.13 bits per heavy atom. The Morgan fingerprint density at radius 2 is 1.60 bits per heavy atom. The molecule has 0 aliphatic heterocycles. The van der Waals surface area contributed by atoms with Crippen LogP contribution in [0.4, 0.5) is 24.5 Å². The molecular weight excluding hydrogens is 399 g/mol. The summed E-state index contributed by atoms with van der Waals surface area (Å²) in [6, 6.07) is 14.0. The third-order valence-electron chi connectivity index (χ3n) is 4.01. The number of hydrogen-bond donors (Lipinski definition) is 1. The quantitative estimate of drug-likeness (QED) is 0.700. The molecule has 0 saturated heterocycles. The van der Waals surface area contributed by atoms with Gasteiger partial charge in [-0.2, -0.15) is 0 Å². The molecule has 0 aliphatic carbocycles. The second-order valence-corrected chi connectivity index (χ2v) is 6.99. The normalized spacial score (nSPS) is 11.5. The summed E-state index contributed by atoms with van der Waals surface area (Å²) in [5, 5.41) is 2.58. The van der Waals surface area contributed by atoms with Crippen LogP contribution in [0, 0.1) is 0 Å². The Morgan fingerprint density at radius 1 is 1.00 bits per heavy atom. The van der Waals surface area contributed by atoms with Gasteiger partial charge in [-0.1, -0.05) is 18.2 Å². The molecule has 2 aromatic carbocycles. The summed E-state index contributed by atoms with van der Waals surface area (Å²) in [6.45, 7) is 3.78. The van der Waals surface area contributed by atoms with Crippen LogP contribution < -0.4 is 15.0 Å². The number of carbonyl (C=O) groups excluding carboxylic acids is 2. The SMILES string of the molecule is CC(C)N(C(=O)CN(C)CC(=O)Nc1ccc(OC(F)(F)F)cc1)c1ccccc1. The number of halogens is 3. The van der Waals surface area contributed by atoms with Crippen LogP contribution in [0.2, 0.25) is 0 Å². The Balaban J connectivity index is 1.90. The number of likely N-dealkylation sites (N-methyl/N-ethyl adjacent to an activating group) is 1. The van der Waals surface area contributed by atoms with Crippen molar-refractivity contribution in [1.82, 2.24) is 4.90 Å². The maximum atomic E-state index is 12.7. The van der Waals surface area contributed by atoms with E-state index in [-0.39, 0.29) is 30.8 Å². The first kappa shape index (κ1) is 23.2. The van der Waals surface area contributed by atoms with E-state index >= 15 is 0 Å². The number of hydrogen-bond acceptors (Lipinski definition) is 4. The summed E-state index contributed by atoms with van der Waals surface area (Å²) in [6.07, 6.45) is -4.77. The summed E-state index contributed by atoms with van der Waals surface area (Å²) < 4.78 is 40.3. The standard InChI is InChI=1S/C21H24F3N3O3/c1-15(2)27(17-7-5-4-6-8-17)20(29)14-26(3)13-19(28)25-16-9-11-18(12-10-16)30-21(22,23)24/h4-12,15H,13-14H2,1-3H3,(H,25,28). The fraction of sp³-hybridized carbons (Fsp3) is 0.333. The number of carbonyl (C=O) groups is 2. The van der Waals surface area contributed by atoms with Crippen LogP contribution in [0.1, 0.15) is 13.8 Å². The molecule has 0 radical (unpaired) electrons. The molecule has 0 bridgehead atoms. The lowest BCUT2D eigenvalue weighted by atomic mass is 10.2. The highest BCUT2D eigenvalue weighted by Gasteiger charge is 2.31. The minimum atomic E-state index is -4.77. The molecule has 0 saturated carbocycles. The van der Waals surface area contributed by atoms with Crippen LogP contribution in [0.15, 0.2) is 54.6 Å². The first-order valence-corrected chi connectivity index (χ1v) is 9.26. The highest BCUT2D eigenvalue weighted by atomic mass is 19.4. The van der Waals surface area contributed by atoms with Crippen molar-refractivity contribution in [2.24, 2.45) is 0 Å². The van der Waals surface area contributed by atoms with E-state index in [0.29, 0.717) is 5.69 Å². The topological polar surface area (TPSA) is 61.9 Å². The summed E-state index contributed by atoms with van der Waals surface area (Å²) >= 11 is 0. The maximum Gasteiger partial charge on any atom is 0.573 e. The first-order valence-electron chi connectivity index (χ1n) is 9.26. The van der Waals surface area contributed by atoms with E-state index in [1.165, 1.54) is 12.1 Å². The predicted octanol–water partition coefficient (Wildman–Crippen LogP) is 3.90. The molecule has 2 rings (SSSR count). The minimum absolute atomic E-state index is 0.0266. The lowest BCUT2D eigenvalue weighted by Crippen LogP contribution is -2.44. The Bertz CT molecular complexity index is 840. The Hall–Kier alpha value is -3.07. The number of para-hydroxylation sites is 1. The summed E-state index contributed by atoms with van der Waals surface area (Å²) in [7, 11) is 1.64. The Labute approximate surface area is 173 Å². The highest BCUT2D eigenvalue weighted by molar-refractivity contribution is 5.96. The highest BCUT2D eigenvalue weighted by Crippen LogP contribution is 2.24. The van der Waals surface area contributed by atoms with Crippen molar-refractivity contribution in [3.8, 4) is 5.75 Å². The third kappa shape index (κ3) is 7.40. The number of nitrogens with zero attached hydrogens (tertiary/aromatic N) is 2. The number of amides is 2. The van der Waals surface area contributed by atoms with Crippen LogP contribution >= 0.6 is 0 Å². The van der Waals surface area contributed by atoms with Crippen LogP contribution in [0.5, 0.6) is 5.75 Å². The molecule has 162 valence electrons. The summed E-state index contributed by atoms with van der Waals surface area (Å²) in [4.78, 5) is 28.2. The van der Waals surface area contributed by atoms with E-state index in [2.05, 4.69) is 10.1 Å². The third-order valence-corrected chi connectivity index (χ3v) is 4.01. The molecule has 0 heterocycles. The van der Waals surface area contributed by atoms with Gasteiger partial charge in [-0.15, -0.1) is 13.2 Å². The van der Waals surface area contributed by atoms with Crippen molar-refractivity contribution in [2.75, 3.05) is 30.4 Å². The largest absolute Gasteiger partial charge is 0.573 e. The molecule has 0 spiro atoms. The van der Waals surface area contributed by atoms with Gasteiger partial charge in [0, 0.05) is 17.4 Å². The molecule has 2 aromatic rings. The molecule has 0 atom stereocenters. The van der Waals surface area contributed by atoms with Crippen molar-refractivity contribution >= 4 is 23.2 Å². The summed E-state index contributed by atoms with van der Waals surface area (Å²) in [5.41, 5.74) is 1.10. The van der Waals surface area contributed by atoms with Crippen molar-refractivity contribution < 1.29 is 27.5 Å². The number of alkyl halides is 3. The van der Waals surface area contributed by atoms with Gasteiger partial charge < -0.3 is 15.0 Å². The first-order chi connectivity index (χ1) is 14.0. The van der Waals surface area contributed by atoms with Gasteiger partial charge in [0.1, 0.15) is 5.75 Å². The number of rotatable bonds is 8. The van der Waals surface area contributed by atoms with E-state index < -0.39 is 12.3 Å². The zero-order valence-corrected chi connectivity index (χ0v) is 16.9. The smallest absolute Gasteiger partial charge is 0.406 e. The average Bonchev–Trinajstić information content (AvgIpc) is 2.62. The number of nitrogens with one attached hydrogen (secondary N) is 1. The fourth-order valence-electron chi connectivity index (χ4n) is 2.87. The minimum Gasteiger partial charge on any atom is -0.406 e. The summed E-state index contributed by atoms with van der Waals surface area (Å²) in [5.74, 6) is -0.927. The van der Waals surface area contributed by atoms with E-state index in [9.17, 15) is 22.8 Å². The average molecular weight is 423 g/mol. The second-order valence-electron chi connectivity index (χ2n) is 6.99. The molecule has 0 aliphatic rings. The zero-order chi connectivity index (χ0) is 22.3. The lowest BCUT2D eigenvalue weighted by molar-refractivity contribution is -0.274. The predicted molar refractivity (Wildman–Crippen MR) is 108 cm³/mol. The van der Waals surface area contributed by atoms with Crippen LogP contribution in [-0.2, 0) is 9.59 Å². The number of anilines is 2. The second kappa shape index (κ2) is 10.1. The van der Waals surface area contributed by atoms with E-state index in [1.54, 1.807) is 16.8 Å². The van der Waals surface area contributed by atoms with Crippen molar-refractivity contribution in [3.05, 3.63) is 54.6 Å². The van der Waals surface area contributed by atoms with Crippen molar-refractivity contribution in [2.45, 2.75) is 26.3 Å². The molecular formula is C21H24F3N3O3. The van der Waals surface area contributed by atoms with Crippen molar-refractivity contribution in [3.63, 3.8) is 0 Å². The maximum absolute atomic E-state index is 12.7. The van der Waals surface area contributed by atoms with E-state index in [1.807, 2.05) is 44.2 Å². The molecule has 9 heteroatoms. The van der Waals surface area contributed by atoms with E-state index in [0.717, 1.165) is 17.8 Å². The van der Waals surface area contributed by atoms with Crippen LogP contribution in [-0.4, -0.2) is 49.3 Å². The molecule has 6 nitrogen and oxygen atoms in total. The van der Waals surface area contributed by atoms with Crippen molar-refractivity contribution in [1.29, 1.82) is 0 Å². The zero-order valence-electron chi connectivity index (χ0n) is 16.9. The van der Waals surface area contributed by atoms with Crippen LogP contribution in [0.3, 0.4) is 0 Å². The van der Waals surface area contributed by atoms with Crippen LogP contribution in [0.25, 0.3) is 0 Å². The molecule has 0 unspecified atom stereocenters. The van der Waals surface area contributed by atoms with E-state index in [4.69, 9.17) is 0 Å². The molecule has 2 amide bonds. The van der Waals surface area contributed by atoms with Gasteiger partial charge in [-0.3, -0.25) is 14.5 Å².